The van der Waals surface area contributed by atoms with Gasteiger partial charge in [-0.25, -0.2) is 0 Å². The summed E-state index contributed by atoms with van der Waals surface area (Å²) >= 11 is 0. The van der Waals surface area contributed by atoms with Crippen LogP contribution in [0.2, 0.25) is 0 Å². The molecule has 1 spiro atoms. The largest absolute Gasteiger partial charge is 0.469 e. The lowest BCUT2D eigenvalue weighted by Gasteiger charge is -2.31. The predicted octanol–water partition coefficient (Wildman–Crippen LogP) is 2.44. The first-order valence-corrected chi connectivity index (χ1v) is 5.62. The van der Waals surface area contributed by atoms with E-state index < -0.39 is 0 Å². The van der Waals surface area contributed by atoms with Crippen molar-refractivity contribution in [3.05, 3.63) is 23.7 Å². The van der Waals surface area contributed by atoms with E-state index in [4.69, 9.17) is 10.2 Å². The Morgan fingerprint density at radius 3 is 3.00 bits per heavy atom. The number of furan rings is 1. The number of nitrogens with two attached hydrogens (primary N) is 1. The predicted molar refractivity (Wildman–Crippen MR) is 55.1 cm³/mol. The minimum Gasteiger partial charge on any atom is -0.469 e. The molecule has 1 aromatic rings. The van der Waals surface area contributed by atoms with Crippen LogP contribution in [0.3, 0.4) is 0 Å². The Hall–Kier alpha value is -0.760. The second-order valence-corrected chi connectivity index (χ2v) is 4.79. The first kappa shape index (κ1) is 8.54. The standard InChI is InChI=1S/C12H17NO/c13-7-2-10-9-3-8-14-11(9)1-4-12(10)5-6-12/h3,8,10H,1-2,4-7,13H2. The van der Waals surface area contributed by atoms with Crippen LogP contribution in [0.15, 0.2) is 16.7 Å². The first-order valence-electron chi connectivity index (χ1n) is 5.62. The summed E-state index contributed by atoms with van der Waals surface area (Å²) in [4.78, 5) is 0. The van der Waals surface area contributed by atoms with Crippen molar-refractivity contribution in [3.63, 3.8) is 0 Å². The molecule has 0 saturated heterocycles. The Balaban J connectivity index is 1.97. The van der Waals surface area contributed by atoms with Crippen LogP contribution in [-0.4, -0.2) is 6.54 Å². The van der Waals surface area contributed by atoms with Crippen molar-refractivity contribution in [1.82, 2.24) is 0 Å². The Kier molecular flexibility index (Phi) is 1.75. The zero-order valence-electron chi connectivity index (χ0n) is 8.46. The minimum absolute atomic E-state index is 0.621. The van der Waals surface area contributed by atoms with Gasteiger partial charge in [0.2, 0.25) is 0 Å². The Morgan fingerprint density at radius 2 is 2.29 bits per heavy atom. The molecular weight excluding hydrogens is 174 g/mol. The van der Waals surface area contributed by atoms with Crippen molar-refractivity contribution in [3.8, 4) is 0 Å². The molecule has 2 N–H and O–H groups in total. The van der Waals surface area contributed by atoms with Crippen LogP contribution in [0, 0.1) is 5.41 Å². The molecule has 1 aromatic heterocycles. The smallest absolute Gasteiger partial charge is 0.107 e. The van der Waals surface area contributed by atoms with Crippen LogP contribution in [0.5, 0.6) is 0 Å². The van der Waals surface area contributed by atoms with Crippen molar-refractivity contribution in [2.24, 2.45) is 11.1 Å². The van der Waals surface area contributed by atoms with Gasteiger partial charge in [-0.05, 0) is 55.2 Å². The second-order valence-electron chi connectivity index (χ2n) is 4.79. The lowest BCUT2D eigenvalue weighted by atomic mass is 9.73. The maximum Gasteiger partial charge on any atom is 0.107 e. The number of rotatable bonds is 2. The van der Waals surface area contributed by atoms with Gasteiger partial charge in [-0.15, -0.1) is 0 Å². The number of fused-ring (bicyclic) bond motifs is 1. The summed E-state index contributed by atoms with van der Waals surface area (Å²) in [5.41, 5.74) is 7.78. The molecular formula is C12H17NO. The molecule has 1 fully saturated rings. The molecule has 14 heavy (non-hydrogen) atoms. The van der Waals surface area contributed by atoms with Gasteiger partial charge < -0.3 is 10.2 Å². The molecule has 0 aliphatic heterocycles. The second kappa shape index (κ2) is 2.86. The highest BCUT2D eigenvalue weighted by Gasteiger charge is 2.51. The maximum absolute atomic E-state index is 5.70. The van der Waals surface area contributed by atoms with Gasteiger partial charge in [-0.2, -0.15) is 0 Å². The van der Waals surface area contributed by atoms with Gasteiger partial charge in [0, 0.05) is 6.42 Å². The monoisotopic (exact) mass is 191 g/mol. The van der Waals surface area contributed by atoms with Gasteiger partial charge in [-0.3, -0.25) is 0 Å². The van der Waals surface area contributed by atoms with E-state index in [1.807, 2.05) is 6.26 Å². The molecule has 3 rings (SSSR count). The Bertz CT molecular complexity index is 338. The third kappa shape index (κ3) is 1.07. The quantitative estimate of drug-likeness (QED) is 0.779. The summed E-state index contributed by atoms with van der Waals surface area (Å²) in [6.07, 6.45) is 8.24. The first-order chi connectivity index (χ1) is 6.86. The molecule has 0 bridgehead atoms. The third-order valence-electron chi connectivity index (χ3n) is 4.09. The molecule has 0 aromatic carbocycles. The molecule has 2 heteroatoms. The van der Waals surface area contributed by atoms with Crippen LogP contribution in [0.25, 0.3) is 0 Å². The average molecular weight is 191 g/mol. The van der Waals surface area contributed by atoms with Crippen molar-refractivity contribution >= 4 is 0 Å². The van der Waals surface area contributed by atoms with E-state index in [1.54, 1.807) is 0 Å². The van der Waals surface area contributed by atoms with E-state index in [0.717, 1.165) is 19.4 Å². The lowest BCUT2D eigenvalue weighted by Crippen LogP contribution is -2.23. The van der Waals surface area contributed by atoms with E-state index in [2.05, 4.69) is 6.07 Å². The van der Waals surface area contributed by atoms with Crippen LogP contribution in [0.1, 0.15) is 42.9 Å². The number of hydrogen-bond acceptors (Lipinski definition) is 2. The molecule has 1 unspecified atom stereocenters. The molecule has 76 valence electrons. The van der Waals surface area contributed by atoms with Gasteiger partial charge >= 0.3 is 0 Å². The fraction of sp³-hybridized carbons (Fsp3) is 0.667. The highest BCUT2D eigenvalue weighted by molar-refractivity contribution is 5.31. The zero-order valence-corrected chi connectivity index (χ0v) is 8.46. The number of hydrogen-bond donors (Lipinski definition) is 1. The Labute approximate surface area is 84.5 Å². The van der Waals surface area contributed by atoms with Gasteiger partial charge in [0.25, 0.3) is 0 Å². The summed E-state index contributed by atoms with van der Waals surface area (Å²) in [5.74, 6) is 1.91. The van der Waals surface area contributed by atoms with Gasteiger partial charge in [0.05, 0.1) is 6.26 Å². The molecule has 1 atom stereocenters. The van der Waals surface area contributed by atoms with Crippen molar-refractivity contribution < 1.29 is 4.42 Å². The van der Waals surface area contributed by atoms with Gasteiger partial charge in [-0.1, -0.05) is 0 Å². The molecule has 2 aliphatic carbocycles. The normalized spacial score (nSPS) is 27.6. The molecule has 0 radical (unpaired) electrons. The van der Waals surface area contributed by atoms with Crippen LogP contribution in [-0.2, 0) is 6.42 Å². The van der Waals surface area contributed by atoms with Crippen molar-refractivity contribution in [2.45, 2.75) is 38.0 Å². The van der Waals surface area contributed by atoms with E-state index >= 15 is 0 Å². The molecule has 2 nitrogen and oxygen atoms in total. The summed E-state index contributed by atoms with van der Waals surface area (Å²) in [6.45, 7) is 0.803. The molecule has 0 amide bonds. The summed E-state index contributed by atoms with van der Waals surface area (Å²) < 4.78 is 5.51. The van der Waals surface area contributed by atoms with E-state index in [-0.39, 0.29) is 0 Å². The maximum atomic E-state index is 5.70. The highest BCUT2D eigenvalue weighted by Crippen LogP contribution is 2.62. The van der Waals surface area contributed by atoms with E-state index in [9.17, 15) is 0 Å². The van der Waals surface area contributed by atoms with Gasteiger partial charge in [0.1, 0.15) is 5.76 Å². The van der Waals surface area contributed by atoms with E-state index in [0.29, 0.717) is 11.3 Å². The van der Waals surface area contributed by atoms with Crippen LogP contribution >= 0.6 is 0 Å². The third-order valence-corrected chi connectivity index (χ3v) is 4.09. The molecule has 1 heterocycles. The Morgan fingerprint density at radius 1 is 1.43 bits per heavy atom. The molecule has 1 saturated carbocycles. The lowest BCUT2D eigenvalue weighted by molar-refractivity contribution is 0.311. The van der Waals surface area contributed by atoms with Crippen molar-refractivity contribution in [1.29, 1.82) is 0 Å². The summed E-state index contributed by atoms with van der Waals surface area (Å²) in [6, 6.07) is 2.16. The van der Waals surface area contributed by atoms with Crippen LogP contribution in [0.4, 0.5) is 0 Å². The van der Waals surface area contributed by atoms with Crippen LogP contribution < -0.4 is 5.73 Å². The fourth-order valence-electron chi connectivity index (χ4n) is 3.12. The summed E-state index contributed by atoms with van der Waals surface area (Å²) in [7, 11) is 0. The van der Waals surface area contributed by atoms with Crippen molar-refractivity contribution in [2.75, 3.05) is 6.54 Å². The summed E-state index contributed by atoms with van der Waals surface area (Å²) in [5, 5.41) is 0. The minimum atomic E-state index is 0.621. The van der Waals surface area contributed by atoms with E-state index in [1.165, 1.54) is 30.6 Å². The fourth-order valence-corrected chi connectivity index (χ4v) is 3.12. The average Bonchev–Trinajstić information content (AvgIpc) is 2.79. The van der Waals surface area contributed by atoms with Gasteiger partial charge in [0.15, 0.2) is 0 Å². The highest BCUT2D eigenvalue weighted by atomic mass is 16.3. The number of aryl methyl sites for hydroxylation is 1. The molecule has 2 aliphatic rings. The SMILES string of the molecule is NCCC1c2ccoc2CCC12CC2. The zero-order chi connectivity index (χ0) is 9.60. The topological polar surface area (TPSA) is 39.2 Å².